The second-order valence-corrected chi connectivity index (χ2v) is 7.87. The van der Waals surface area contributed by atoms with Crippen molar-refractivity contribution in [1.82, 2.24) is 14.3 Å². The molecule has 0 aliphatic carbocycles. The highest BCUT2D eigenvalue weighted by Gasteiger charge is 2.17. The molecule has 7 nitrogen and oxygen atoms in total. The fourth-order valence-electron chi connectivity index (χ4n) is 3.99. The Balaban J connectivity index is 1.50. The third kappa shape index (κ3) is 4.27. The molecule has 0 radical (unpaired) electrons. The van der Waals surface area contributed by atoms with Crippen LogP contribution >= 0.6 is 0 Å². The first-order valence-corrected chi connectivity index (χ1v) is 10.4. The first kappa shape index (κ1) is 21.4. The maximum atomic E-state index is 13.2. The van der Waals surface area contributed by atoms with Gasteiger partial charge in [-0.05, 0) is 68.8 Å². The van der Waals surface area contributed by atoms with E-state index in [4.69, 9.17) is 9.84 Å². The Morgan fingerprint density at radius 2 is 1.75 bits per heavy atom. The molecule has 0 aliphatic rings. The third-order valence-electron chi connectivity index (χ3n) is 5.44. The van der Waals surface area contributed by atoms with Gasteiger partial charge in [0.2, 0.25) is 0 Å². The van der Waals surface area contributed by atoms with Crippen LogP contribution in [0.5, 0.6) is 5.75 Å². The van der Waals surface area contributed by atoms with E-state index in [1.54, 1.807) is 41.0 Å². The summed E-state index contributed by atoms with van der Waals surface area (Å²) in [6.07, 6.45) is -0.0847. The van der Waals surface area contributed by atoms with Gasteiger partial charge in [0.05, 0.1) is 24.2 Å². The van der Waals surface area contributed by atoms with Crippen LogP contribution in [0.2, 0.25) is 0 Å². The zero-order valence-electron chi connectivity index (χ0n) is 18.3. The zero-order valence-corrected chi connectivity index (χ0v) is 18.3. The SMILES string of the molecule is Cc1cc(C)n(CCOc2ccc(C(=O)n3c(C)cc4c(CC(=O)O)cccc43)cc2)n1. The van der Waals surface area contributed by atoms with Crippen LogP contribution in [0, 0.1) is 20.8 Å². The van der Waals surface area contributed by atoms with Crippen LogP contribution in [-0.4, -0.2) is 37.9 Å². The van der Waals surface area contributed by atoms with Crippen molar-refractivity contribution in [3.05, 3.63) is 82.8 Å². The first-order valence-electron chi connectivity index (χ1n) is 10.4. The molecule has 2 heterocycles. The number of nitrogens with zero attached hydrogens (tertiary/aromatic N) is 3. The number of hydrogen-bond donors (Lipinski definition) is 1. The standard InChI is InChI=1S/C25H25N3O4/c1-16-13-17(2)27(26-16)11-12-32-21-9-7-19(8-10-21)25(31)28-18(3)14-22-20(15-24(29)30)5-4-6-23(22)28/h4-10,13-14H,11-12,15H2,1-3H3,(H,29,30). The molecule has 0 aliphatic heterocycles. The highest BCUT2D eigenvalue weighted by molar-refractivity contribution is 6.04. The van der Waals surface area contributed by atoms with Gasteiger partial charge >= 0.3 is 5.97 Å². The predicted octanol–water partition coefficient (Wildman–Crippen LogP) is 4.16. The van der Waals surface area contributed by atoms with Crippen molar-refractivity contribution in [1.29, 1.82) is 0 Å². The predicted molar refractivity (Wildman–Crippen MR) is 121 cm³/mol. The van der Waals surface area contributed by atoms with Gasteiger partial charge in [0, 0.05) is 22.3 Å². The number of carbonyl (C=O) groups excluding carboxylic acids is 1. The summed E-state index contributed by atoms with van der Waals surface area (Å²) >= 11 is 0. The molecule has 0 unspecified atom stereocenters. The minimum atomic E-state index is -0.900. The van der Waals surface area contributed by atoms with Crippen molar-refractivity contribution in [2.24, 2.45) is 0 Å². The monoisotopic (exact) mass is 431 g/mol. The van der Waals surface area contributed by atoms with Crippen LogP contribution in [0.15, 0.2) is 54.6 Å². The Labute approximate surface area is 185 Å². The second-order valence-electron chi connectivity index (χ2n) is 7.87. The number of carboxylic acids is 1. The Bertz CT molecular complexity index is 1300. The Morgan fingerprint density at radius 3 is 2.41 bits per heavy atom. The Hall–Kier alpha value is -3.87. The largest absolute Gasteiger partial charge is 0.492 e. The van der Waals surface area contributed by atoms with E-state index in [1.807, 2.05) is 43.7 Å². The van der Waals surface area contributed by atoms with E-state index < -0.39 is 5.97 Å². The van der Waals surface area contributed by atoms with Gasteiger partial charge in [-0.25, -0.2) is 0 Å². The molecule has 0 bridgehead atoms. The van der Waals surface area contributed by atoms with Crippen molar-refractivity contribution in [2.75, 3.05) is 6.61 Å². The molecule has 0 amide bonds. The normalized spacial score (nSPS) is 11.1. The van der Waals surface area contributed by atoms with Gasteiger partial charge in [-0.1, -0.05) is 12.1 Å². The fourth-order valence-corrected chi connectivity index (χ4v) is 3.99. The molecule has 0 spiro atoms. The van der Waals surface area contributed by atoms with Crippen LogP contribution in [0.25, 0.3) is 10.9 Å². The lowest BCUT2D eigenvalue weighted by atomic mass is 10.1. The van der Waals surface area contributed by atoms with Gasteiger partial charge in [-0.2, -0.15) is 5.10 Å². The molecule has 0 atom stereocenters. The maximum Gasteiger partial charge on any atom is 0.307 e. The highest BCUT2D eigenvalue weighted by atomic mass is 16.5. The number of aryl methyl sites for hydroxylation is 3. The van der Waals surface area contributed by atoms with E-state index in [2.05, 4.69) is 5.10 Å². The van der Waals surface area contributed by atoms with E-state index in [1.165, 1.54) is 0 Å². The summed E-state index contributed by atoms with van der Waals surface area (Å²) in [7, 11) is 0. The van der Waals surface area contributed by atoms with Crippen LogP contribution in [0.3, 0.4) is 0 Å². The number of aliphatic carboxylic acids is 1. The van der Waals surface area contributed by atoms with Gasteiger partial charge in [0.15, 0.2) is 0 Å². The number of carbonyl (C=O) groups is 2. The number of rotatable bonds is 7. The average Bonchev–Trinajstić information content (AvgIpc) is 3.25. The zero-order chi connectivity index (χ0) is 22.8. The Kier molecular flexibility index (Phi) is 5.81. The lowest BCUT2D eigenvalue weighted by Crippen LogP contribution is -2.13. The summed E-state index contributed by atoms with van der Waals surface area (Å²) < 4.78 is 9.34. The van der Waals surface area contributed by atoms with Crippen LogP contribution in [0.1, 0.15) is 33.0 Å². The molecule has 1 N–H and O–H groups in total. The summed E-state index contributed by atoms with van der Waals surface area (Å²) in [4.78, 5) is 24.4. The van der Waals surface area contributed by atoms with E-state index in [0.29, 0.717) is 35.5 Å². The maximum absolute atomic E-state index is 13.2. The third-order valence-corrected chi connectivity index (χ3v) is 5.44. The molecule has 0 saturated carbocycles. The lowest BCUT2D eigenvalue weighted by molar-refractivity contribution is -0.136. The second kappa shape index (κ2) is 8.70. The fraction of sp³-hybridized carbons (Fsp3) is 0.240. The number of carboxylic acid groups (broad SMARTS) is 1. The molecule has 32 heavy (non-hydrogen) atoms. The van der Waals surface area contributed by atoms with Crippen molar-refractivity contribution in [2.45, 2.75) is 33.7 Å². The minimum Gasteiger partial charge on any atom is -0.492 e. The van der Waals surface area contributed by atoms with Crippen molar-refractivity contribution >= 4 is 22.8 Å². The average molecular weight is 431 g/mol. The van der Waals surface area contributed by atoms with Gasteiger partial charge in [0.25, 0.3) is 5.91 Å². The van der Waals surface area contributed by atoms with Crippen LogP contribution in [0.4, 0.5) is 0 Å². The number of hydrogen-bond acceptors (Lipinski definition) is 4. The molecule has 7 heteroatoms. The minimum absolute atomic E-state index is 0.0847. The van der Waals surface area contributed by atoms with E-state index >= 15 is 0 Å². The van der Waals surface area contributed by atoms with Crippen molar-refractivity contribution in [3.8, 4) is 5.75 Å². The molecule has 164 valence electrons. The van der Waals surface area contributed by atoms with Crippen molar-refractivity contribution < 1.29 is 19.4 Å². The smallest absolute Gasteiger partial charge is 0.307 e. The topological polar surface area (TPSA) is 86.3 Å². The summed E-state index contributed by atoms with van der Waals surface area (Å²) in [5.74, 6) is -0.386. The van der Waals surface area contributed by atoms with E-state index in [-0.39, 0.29) is 12.3 Å². The van der Waals surface area contributed by atoms with Gasteiger partial charge in [0.1, 0.15) is 12.4 Å². The summed E-state index contributed by atoms with van der Waals surface area (Å²) in [6.45, 7) is 6.94. The lowest BCUT2D eigenvalue weighted by Gasteiger charge is -2.10. The highest BCUT2D eigenvalue weighted by Crippen LogP contribution is 2.25. The Morgan fingerprint density at radius 1 is 1.00 bits per heavy atom. The first-order chi connectivity index (χ1) is 15.3. The summed E-state index contributed by atoms with van der Waals surface area (Å²) in [5.41, 5.74) is 4.75. The van der Waals surface area contributed by atoms with Gasteiger partial charge in [-0.15, -0.1) is 0 Å². The molecular weight excluding hydrogens is 406 g/mol. The molecule has 0 saturated heterocycles. The number of fused-ring (bicyclic) bond motifs is 1. The van der Waals surface area contributed by atoms with E-state index in [0.717, 1.165) is 22.5 Å². The van der Waals surface area contributed by atoms with Crippen LogP contribution in [-0.2, 0) is 17.8 Å². The molecule has 2 aromatic heterocycles. The number of benzene rings is 2. The molecule has 4 aromatic rings. The number of aromatic nitrogens is 3. The summed E-state index contributed by atoms with van der Waals surface area (Å²) in [5, 5.41) is 14.4. The molecular formula is C25H25N3O4. The van der Waals surface area contributed by atoms with E-state index in [9.17, 15) is 9.59 Å². The number of ether oxygens (including phenoxy) is 1. The van der Waals surface area contributed by atoms with Crippen molar-refractivity contribution in [3.63, 3.8) is 0 Å². The quantitative estimate of drug-likeness (QED) is 0.475. The molecule has 2 aromatic carbocycles. The van der Waals surface area contributed by atoms with Gasteiger partial charge < -0.3 is 9.84 Å². The van der Waals surface area contributed by atoms with Gasteiger partial charge in [-0.3, -0.25) is 18.8 Å². The van der Waals surface area contributed by atoms with Crippen LogP contribution < -0.4 is 4.74 Å². The molecule has 0 fully saturated rings. The summed E-state index contributed by atoms with van der Waals surface area (Å²) in [6, 6.07) is 16.3. The molecule has 4 rings (SSSR count).